The van der Waals surface area contributed by atoms with E-state index in [1.165, 1.54) is 0 Å². The number of rotatable bonds is 4. The second-order valence-electron chi connectivity index (χ2n) is 4.31. The summed E-state index contributed by atoms with van der Waals surface area (Å²) in [4.78, 5) is 5.66. The predicted octanol–water partition coefficient (Wildman–Crippen LogP) is 3.69. The summed E-state index contributed by atoms with van der Waals surface area (Å²) in [7, 11) is 0. The van der Waals surface area contributed by atoms with E-state index in [-0.39, 0.29) is 0 Å². The molecular formula is C14H11BrClN5. The van der Waals surface area contributed by atoms with Gasteiger partial charge >= 0.3 is 0 Å². The maximum atomic E-state index is 5.86. The Morgan fingerprint density at radius 3 is 2.76 bits per heavy atom. The number of nitrogens with zero attached hydrogens (tertiary/aromatic N) is 4. The highest BCUT2D eigenvalue weighted by Gasteiger charge is 2.04. The van der Waals surface area contributed by atoms with Crippen LogP contribution in [-0.4, -0.2) is 20.0 Å². The van der Waals surface area contributed by atoms with Gasteiger partial charge in [0.1, 0.15) is 10.8 Å². The van der Waals surface area contributed by atoms with Crippen molar-refractivity contribution >= 4 is 33.2 Å². The minimum Gasteiger partial charge on any atom is -0.378 e. The summed E-state index contributed by atoms with van der Waals surface area (Å²) in [5, 5.41) is 12.3. The number of anilines is 1. The Morgan fingerprint density at radius 2 is 2.00 bits per heavy atom. The first kappa shape index (κ1) is 14.0. The molecule has 0 aliphatic carbocycles. The number of benzene rings is 1. The summed E-state index contributed by atoms with van der Waals surface area (Å²) in [6, 6.07) is 11.6. The Kier molecular flexibility index (Phi) is 4.17. The number of hydrogen-bond donors (Lipinski definition) is 1. The van der Waals surface area contributed by atoms with Crippen LogP contribution in [0.1, 0.15) is 5.69 Å². The topological polar surface area (TPSA) is 55.6 Å². The highest BCUT2D eigenvalue weighted by atomic mass is 79.9. The van der Waals surface area contributed by atoms with Crippen molar-refractivity contribution in [3.63, 3.8) is 0 Å². The lowest BCUT2D eigenvalue weighted by Crippen LogP contribution is -2.03. The van der Waals surface area contributed by atoms with Gasteiger partial charge < -0.3 is 5.32 Å². The quantitative estimate of drug-likeness (QED) is 0.717. The van der Waals surface area contributed by atoms with Crippen molar-refractivity contribution in [2.75, 3.05) is 5.32 Å². The van der Waals surface area contributed by atoms with Gasteiger partial charge in [-0.05, 0) is 34.1 Å². The number of pyridine rings is 1. The van der Waals surface area contributed by atoms with E-state index in [4.69, 9.17) is 11.6 Å². The molecule has 3 aromatic rings. The Hall–Kier alpha value is -1.92. The third-order valence-electron chi connectivity index (χ3n) is 2.80. The fraction of sp³-hybridized carbons (Fsp3) is 0.0714. The third kappa shape index (κ3) is 3.40. The SMILES string of the molecule is Clc1ncc(NCc2cnn(-c3ccccc3)n2)cc1Br. The number of hydrogen-bond acceptors (Lipinski definition) is 4. The average molecular weight is 365 g/mol. The van der Waals surface area contributed by atoms with Crippen LogP contribution in [0.2, 0.25) is 5.15 Å². The van der Waals surface area contributed by atoms with Crippen molar-refractivity contribution < 1.29 is 0 Å². The second-order valence-corrected chi connectivity index (χ2v) is 5.52. The van der Waals surface area contributed by atoms with E-state index in [0.717, 1.165) is 21.5 Å². The normalized spacial score (nSPS) is 10.6. The third-order valence-corrected chi connectivity index (χ3v) is 3.93. The first-order valence-corrected chi connectivity index (χ1v) is 7.41. The minimum absolute atomic E-state index is 0.440. The number of nitrogens with one attached hydrogen (secondary N) is 1. The molecule has 0 fully saturated rings. The van der Waals surface area contributed by atoms with E-state index in [2.05, 4.69) is 36.4 Å². The molecule has 0 spiro atoms. The Bertz CT molecular complexity index is 744. The van der Waals surface area contributed by atoms with Crippen LogP contribution < -0.4 is 5.32 Å². The molecule has 0 bridgehead atoms. The van der Waals surface area contributed by atoms with Crippen LogP contribution in [0.3, 0.4) is 0 Å². The molecule has 0 saturated heterocycles. The summed E-state index contributed by atoms with van der Waals surface area (Å²) in [6.07, 6.45) is 3.41. The summed E-state index contributed by atoms with van der Waals surface area (Å²) in [5.41, 5.74) is 2.63. The molecule has 0 saturated carbocycles. The molecule has 1 N–H and O–H groups in total. The summed E-state index contributed by atoms with van der Waals surface area (Å²) < 4.78 is 0.752. The van der Waals surface area contributed by atoms with Crippen LogP contribution in [-0.2, 0) is 6.54 Å². The molecule has 7 heteroatoms. The van der Waals surface area contributed by atoms with Crippen LogP contribution >= 0.6 is 27.5 Å². The maximum Gasteiger partial charge on any atom is 0.143 e. The van der Waals surface area contributed by atoms with E-state index >= 15 is 0 Å². The van der Waals surface area contributed by atoms with Gasteiger partial charge in [-0.15, -0.1) is 0 Å². The van der Waals surface area contributed by atoms with E-state index in [1.54, 1.807) is 17.2 Å². The van der Waals surface area contributed by atoms with E-state index < -0.39 is 0 Å². The van der Waals surface area contributed by atoms with Crippen molar-refractivity contribution in [2.24, 2.45) is 0 Å². The lowest BCUT2D eigenvalue weighted by atomic mass is 10.3. The summed E-state index contributed by atoms with van der Waals surface area (Å²) in [6.45, 7) is 0.558. The first-order valence-electron chi connectivity index (χ1n) is 6.24. The number of halogens is 2. The van der Waals surface area contributed by atoms with Crippen molar-refractivity contribution in [3.8, 4) is 5.69 Å². The number of para-hydroxylation sites is 1. The number of aromatic nitrogens is 4. The lowest BCUT2D eigenvalue weighted by molar-refractivity contribution is 0.740. The van der Waals surface area contributed by atoms with Gasteiger partial charge in [-0.3, -0.25) is 0 Å². The molecular weight excluding hydrogens is 354 g/mol. The van der Waals surface area contributed by atoms with Crippen LogP contribution in [0, 0.1) is 0 Å². The molecule has 0 aliphatic rings. The van der Waals surface area contributed by atoms with Gasteiger partial charge in [0.05, 0.1) is 34.8 Å². The zero-order chi connectivity index (χ0) is 14.7. The van der Waals surface area contributed by atoms with E-state index in [0.29, 0.717) is 11.7 Å². The van der Waals surface area contributed by atoms with Gasteiger partial charge in [-0.1, -0.05) is 29.8 Å². The van der Waals surface area contributed by atoms with Gasteiger partial charge in [-0.25, -0.2) is 4.98 Å². The Morgan fingerprint density at radius 1 is 1.19 bits per heavy atom. The van der Waals surface area contributed by atoms with Crippen LogP contribution in [0.15, 0.2) is 53.3 Å². The van der Waals surface area contributed by atoms with Gasteiger partial charge in [-0.2, -0.15) is 15.0 Å². The predicted molar refractivity (Wildman–Crippen MR) is 85.6 cm³/mol. The summed E-state index contributed by atoms with van der Waals surface area (Å²) in [5.74, 6) is 0. The zero-order valence-corrected chi connectivity index (χ0v) is 13.2. The molecule has 2 aromatic heterocycles. The second kappa shape index (κ2) is 6.24. The molecule has 1 aromatic carbocycles. The molecule has 0 amide bonds. The Labute approximate surface area is 135 Å². The average Bonchev–Trinajstić information content (AvgIpc) is 2.98. The fourth-order valence-corrected chi connectivity index (χ4v) is 2.22. The molecule has 0 aliphatic heterocycles. The molecule has 0 radical (unpaired) electrons. The molecule has 0 unspecified atom stereocenters. The van der Waals surface area contributed by atoms with E-state index in [9.17, 15) is 0 Å². The molecule has 106 valence electrons. The lowest BCUT2D eigenvalue weighted by Gasteiger charge is -2.04. The molecule has 2 heterocycles. The smallest absolute Gasteiger partial charge is 0.143 e. The maximum absolute atomic E-state index is 5.86. The standard InChI is InChI=1S/C14H11BrClN5/c15-13-6-10(7-18-14(13)16)17-8-11-9-19-21(20-11)12-4-2-1-3-5-12/h1-7,9,17H,8H2. The van der Waals surface area contributed by atoms with Crippen LogP contribution in [0.4, 0.5) is 5.69 Å². The fourth-order valence-electron chi connectivity index (χ4n) is 1.77. The van der Waals surface area contributed by atoms with Gasteiger partial charge in [0.25, 0.3) is 0 Å². The molecule has 3 rings (SSSR count). The van der Waals surface area contributed by atoms with E-state index in [1.807, 2.05) is 36.4 Å². The monoisotopic (exact) mass is 363 g/mol. The van der Waals surface area contributed by atoms with Gasteiger partial charge in [0, 0.05) is 0 Å². The first-order chi connectivity index (χ1) is 10.2. The summed E-state index contributed by atoms with van der Waals surface area (Å²) >= 11 is 9.20. The van der Waals surface area contributed by atoms with Crippen LogP contribution in [0.5, 0.6) is 0 Å². The van der Waals surface area contributed by atoms with Crippen molar-refractivity contribution in [2.45, 2.75) is 6.54 Å². The Balaban J connectivity index is 1.69. The van der Waals surface area contributed by atoms with Crippen molar-refractivity contribution in [1.82, 2.24) is 20.0 Å². The highest BCUT2D eigenvalue weighted by Crippen LogP contribution is 2.23. The molecule has 21 heavy (non-hydrogen) atoms. The minimum atomic E-state index is 0.440. The van der Waals surface area contributed by atoms with Crippen LogP contribution in [0.25, 0.3) is 5.69 Å². The van der Waals surface area contributed by atoms with Crippen molar-refractivity contribution in [1.29, 1.82) is 0 Å². The molecule has 0 atom stereocenters. The zero-order valence-electron chi connectivity index (χ0n) is 10.9. The largest absolute Gasteiger partial charge is 0.378 e. The van der Waals surface area contributed by atoms with Gasteiger partial charge in [0.2, 0.25) is 0 Å². The molecule has 5 nitrogen and oxygen atoms in total. The van der Waals surface area contributed by atoms with Gasteiger partial charge in [0.15, 0.2) is 0 Å². The highest BCUT2D eigenvalue weighted by molar-refractivity contribution is 9.10. The van der Waals surface area contributed by atoms with Crippen molar-refractivity contribution in [3.05, 3.63) is 64.1 Å².